The summed E-state index contributed by atoms with van der Waals surface area (Å²) in [5.41, 5.74) is 5.28. The number of hydrogen-bond donors (Lipinski definition) is 2. The lowest BCUT2D eigenvalue weighted by Gasteiger charge is -2.36. The largest absolute Gasteiger partial charge is 0.329 e. The Morgan fingerprint density at radius 2 is 2.06 bits per heavy atom. The Kier molecular flexibility index (Phi) is 5.58. The van der Waals surface area contributed by atoms with Crippen molar-refractivity contribution in [1.29, 1.82) is 0 Å². The minimum Gasteiger partial charge on any atom is -0.329 e. The van der Waals surface area contributed by atoms with E-state index in [1.165, 1.54) is 0 Å². The van der Waals surface area contributed by atoms with E-state index in [9.17, 15) is 8.42 Å². The molecular formula is C12H27N3O2S. The molecule has 1 unspecified atom stereocenters. The Morgan fingerprint density at radius 1 is 1.39 bits per heavy atom. The third-order valence-electron chi connectivity index (χ3n) is 3.43. The molecule has 0 aliphatic carbocycles. The molecule has 1 heterocycles. The molecule has 0 spiro atoms. The molecule has 1 fully saturated rings. The average molecular weight is 277 g/mol. The van der Waals surface area contributed by atoms with E-state index in [-0.39, 0.29) is 6.04 Å². The molecular weight excluding hydrogens is 250 g/mol. The number of nitrogens with one attached hydrogen (secondary N) is 1. The normalized spacial score (nSPS) is 23.2. The van der Waals surface area contributed by atoms with Crippen LogP contribution in [0.5, 0.6) is 0 Å². The van der Waals surface area contributed by atoms with E-state index in [0.717, 1.165) is 32.1 Å². The third-order valence-corrected chi connectivity index (χ3v) is 5.34. The van der Waals surface area contributed by atoms with E-state index in [4.69, 9.17) is 5.73 Å². The van der Waals surface area contributed by atoms with Gasteiger partial charge in [0.1, 0.15) is 0 Å². The van der Waals surface area contributed by atoms with E-state index in [1.54, 1.807) is 4.31 Å². The number of nitrogens with zero attached hydrogens (tertiary/aromatic N) is 1. The second kappa shape index (κ2) is 6.32. The van der Waals surface area contributed by atoms with Crippen LogP contribution in [0.2, 0.25) is 0 Å². The zero-order chi connectivity index (χ0) is 13.8. The van der Waals surface area contributed by atoms with Gasteiger partial charge in [-0.15, -0.1) is 0 Å². The molecule has 1 rings (SSSR count). The van der Waals surface area contributed by atoms with Crippen molar-refractivity contribution in [3.8, 4) is 0 Å². The standard InChI is InChI=1S/C12H27N3O2S/c1-4-8-12(2,3)14-18(16,17)15-9-6-5-7-11(15)10-13/h11,14H,4-10,13H2,1-3H3. The second-order valence-electron chi connectivity index (χ2n) is 5.74. The first-order valence-electron chi connectivity index (χ1n) is 6.83. The molecule has 1 aliphatic rings. The van der Waals surface area contributed by atoms with Crippen molar-refractivity contribution in [3.05, 3.63) is 0 Å². The van der Waals surface area contributed by atoms with Gasteiger partial charge in [-0.1, -0.05) is 19.8 Å². The summed E-state index contributed by atoms with van der Waals surface area (Å²) in [6, 6.07) is -0.0475. The van der Waals surface area contributed by atoms with Crippen molar-refractivity contribution in [2.75, 3.05) is 13.1 Å². The summed E-state index contributed by atoms with van der Waals surface area (Å²) in [5, 5.41) is 0. The SMILES string of the molecule is CCCC(C)(C)NS(=O)(=O)N1CCCCC1CN. The van der Waals surface area contributed by atoms with E-state index in [1.807, 2.05) is 13.8 Å². The molecule has 108 valence electrons. The number of rotatable bonds is 6. The molecule has 6 heteroatoms. The molecule has 0 radical (unpaired) electrons. The van der Waals surface area contributed by atoms with Crippen molar-refractivity contribution in [3.63, 3.8) is 0 Å². The fourth-order valence-corrected chi connectivity index (χ4v) is 4.48. The van der Waals surface area contributed by atoms with E-state index < -0.39 is 15.7 Å². The van der Waals surface area contributed by atoms with Gasteiger partial charge in [0.05, 0.1) is 0 Å². The molecule has 3 N–H and O–H groups in total. The van der Waals surface area contributed by atoms with Gasteiger partial charge in [0.15, 0.2) is 0 Å². The maximum absolute atomic E-state index is 12.4. The lowest BCUT2D eigenvalue weighted by molar-refractivity contribution is 0.248. The molecule has 1 aliphatic heterocycles. The summed E-state index contributed by atoms with van der Waals surface area (Å²) in [4.78, 5) is 0. The zero-order valence-corrected chi connectivity index (χ0v) is 12.6. The Labute approximate surface area is 111 Å². The van der Waals surface area contributed by atoms with E-state index >= 15 is 0 Å². The molecule has 0 saturated carbocycles. The summed E-state index contributed by atoms with van der Waals surface area (Å²) < 4.78 is 29.2. The van der Waals surface area contributed by atoms with Crippen LogP contribution in [0.15, 0.2) is 0 Å². The van der Waals surface area contributed by atoms with Crippen LogP contribution in [0.1, 0.15) is 52.9 Å². The van der Waals surface area contributed by atoms with Crippen molar-refractivity contribution in [2.24, 2.45) is 5.73 Å². The number of hydrogen-bond acceptors (Lipinski definition) is 3. The number of piperidine rings is 1. The van der Waals surface area contributed by atoms with Crippen molar-refractivity contribution < 1.29 is 8.42 Å². The average Bonchev–Trinajstić information content (AvgIpc) is 2.27. The summed E-state index contributed by atoms with van der Waals surface area (Å²) in [6.07, 6.45) is 4.63. The highest BCUT2D eigenvalue weighted by molar-refractivity contribution is 7.87. The summed E-state index contributed by atoms with van der Waals surface area (Å²) in [6.45, 7) is 6.89. The van der Waals surface area contributed by atoms with Gasteiger partial charge in [-0.2, -0.15) is 17.4 Å². The van der Waals surface area contributed by atoms with Gasteiger partial charge >= 0.3 is 0 Å². The fourth-order valence-electron chi connectivity index (χ4n) is 2.61. The van der Waals surface area contributed by atoms with Crippen LogP contribution >= 0.6 is 0 Å². The summed E-state index contributed by atoms with van der Waals surface area (Å²) >= 11 is 0. The molecule has 1 saturated heterocycles. The topological polar surface area (TPSA) is 75.4 Å². The van der Waals surface area contributed by atoms with Gasteiger partial charge in [0.2, 0.25) is 0 Å². The molecule has 0 aromatic heterocycles. The second-order valence-corrected chi connectivity index (χ2v) is 7.36. The maximum atomic E-state index is 12.4. The van der Waals surface area contributed by atoms with E-state index in [2.05, 4.69) is 11.6 Å². The third kappa shape index (κ3) is 4.19. The monoisotopic (exact) mass is 277 g/mol. The van der Waals surface area contributed by atoms with Gasteiger partial charge in [0.25, 0.3) is 10.2 Å². The highest BCUT2D eigenvalue weighted by Crippen LogP contribution is 2.21. The van der Waals surface area contributed by atoms with Gasteiger partial charge in [0, 0.05) is 24.7 Å². The van der Waals surface area contributed by atoms with Gasteiger partial charge in [-0.05, 0) is 33.1 Å². The van der Waals surface area contributed by atoms with Crippen LogP contribution in [-0.2, 0) is 10.2 Å². The van der Waals surface area contributed by atoms with Crippen LogP contribution < -0.4 is 10.5 Å². The van der Waals surface area contributed by atoms with Gasteiger partial charge in [-0.3, -0.25) is 0 Å². The number of nitrogens with two attached hydrogens (primary N) is 1. The minimum atomic E-state index is -3.42. The van der Waals surface area contributed by atoms with E-state index in [0.29, 0.717) is 13.1 Å². The van der Waals surface area contributed by atoms with Crippen molar-refractivity contribution in [2.45, 2.75) is 64.5 Å². The lowest BCUT2D eigenvalue weighted by atomic mass is 10.0. The minimum absolute atomic E-state index is 0.0475. The molecule has 0 amide bonds. The first-order chi connectivity index (χ1) is 8.32. The molecule has 5 nitrogen and oxygen atoms in total. The fraction of sp³-hybridized carbons (Fsp3) is 1.00. The quantitative estimate of drug-likeness (QED) is 0.766. The Hall–Kier alpha value is -0.170. The van der Waals surface area contributed by atoms with Crippen LogP contribution in [0.3, 0.4) is 0 Å². The van der Waals surface area contributed by atoms with Crippen LogP contribution in [-0.4, -0.2) is 37.4 Å². The molecule has 1 atom stereocenters. The smallest absolute Gasteiger partial charge is 0.280 e. The highest BCUT2D eigenvalue weighted by Gasteiger charge is 2.34. The maximum Gasteiger partial charge on any atom is 0.280 e. The lowest BCUT2D eigenvalue weighted by Crippen LogP contribution is -2.56. The van der Waals surface area contributed by atoms with Gasteiger partial charge in [-0.25, -0.2) is 0 Å². The molecule has 0 aromatic carbocycles. The molecule has 18 heavy (non-hydrogen) atoms. The summed E-state index contributed by atoms with van der Waals surface area (Å²) in [7, 11) is -3.42. The Bertz CT molecular complexity index is 354. The Morgan fingerprint density at radius 3 is 2.61 bits per heavy atom. The highest BCUT2D eigenvalue weighted by atomic mass is 32.2. The zero-order valence-electron chi connectivity index (χ0n) is 11.8. The van der Waals surface area contributed by atoms with Crippen LogP contribution in [0, 0.1) is 0 Å². The molecule has 0 aromatic rings. The predicted molar refractivity (Wildman–Crippen MR) is 74.4 cm³/mol. The predicted octanol–water partition coefficient (Wildman–Crippen LogP) is 1.21. The Balaban J connectivity index is 2.78. The van der Waals surface area contributed by atoms with Crippen LogP contribution in [0.25, 0.3) is 0 Å². The summed E-state index contributed by atoms with van der Waals surface area (Å²) in [5.74, 6) is 0. The van der Waals surface area contributed by atoms with Gasteiger partial charge < -0.3 is 5.73 Å². The first-order valence-corrected chi connectivity index (χ1v) is 8.27. The van der Waals surface area contributed by atoms with Crippen molar-refractivity contribution in [1.82, 2.24) is 9.03 Å². The first kappa shape index (κ1) is 15.9. The van der Waals surface area contributed by atoms with Crippen molar-refractivity contribution >= 4 is 10.2 Å². The molecule has 0 bridgehead atoms. The van der Waals surface area contributed by atoms with Crippen LogP contribution in [0.4, 0.5) is 0 Å².